The molecule has 0 saturated carbocycles. The molecule has 1 heterocycles. The summed E-state index contributed by atoms with van der Waals surface area (Å²) in [5.41, 5.74) is -1.35. The maximum atomic E-state index is 12.2. The van der Waals surface area contributed by atoms with Crippen LogP contribution < -0.4 is 5.32 Å². The maximum absolute atomic E-state index is 12.2. The molecule has 3 N–H and O–H groups in total. The Bertz CT molecular complexity index is 392. The molecule has 0 atom stereocenters. The second-order valence-corrected chi connectivity index (χ2v) is 2.48. The largest absolute Gasteiger partial charge is 0.504 e. The van der Waals surface area contributed by atoms with Gasteiger partial charge in [-0.1, -0.05) is 0 Å². The first-order valence-electron chi connectivity index (χ1n) is 3.57. The standard InChI is InChI=1S/C7H5F3N2O3/c8-7(9,10)3-1-2-11-5(4(3)13)12-6(14)15/h1-2,13H,(H,11,12)(H,14,15). The fraction of sp³-hybridized carbons (Fsp3) is 0.143. The lowest BCUT2D eigenvalue weighted by Gasteiger charge is -2.10. The lowest BCUT2D eigenvalue weighted by Crippen LogP contribution is -2.12. The Morgan fingerprint density at radius 2 is 2.07 bits per heavy atom. The number of anilines is 1. The number of carboxylic acid groups (broad SMARTS) is 1. The quantitative estimate of drug-likeness (QED) is 0.677. The second-order valence-electron chi connectivity index (χ2n) is 2.48. The third kappa shape index (κ3) is 2.48. The SMILES string of the molecule is O=C(O)Nc1nccc(C(F)(F)F)c1O. The molecule has 0 spiro atoms. The first-order valence-corrected chi connectivity index (χ1v) is 3.57. The summed E-state index contributed by atoms with van der Waals surface area (Å²) in [6, 6.07) is 0.544. The van der Waals surface area contributed by atoms with Gasteiger partial charge in [-0.05, 0) is 6.07 Å². The van der Waals surface area contributed by atoms with Crippen molar-refractivity contribution in [2.24, 2.45) is 0 Å². The van der Waals surface area contributed by atoms with Gasteiger partial charge in [-0.25, -0.2) is 9.78 Å². The van der Waals surface area contributed by atoms with Crippen molar-refractivity contribution in [2.45, 2.75) is 6.18 Å². The number of nitrogens with zero attached hydrogens (tertiary/aromatic N) is 1. The first kappa shape index (κ1) is 11.1. The van der Waals surface area contributed by atoms with Gasteiger partial charge in [0.15, 0.2) is 11.6 Å². The fourth-order valence-electron chi connectivity index (χ4n) is 0.875. The van der Waals surface area contributed by atoms with Gasteiger partial charge in [0.25, 0.3) is 0 Å². The van der Waals surface area contributed by atoms with E-state index in [0.29, 0.717) is 6.07 Å². The summed E-state index contributed by atoms with van der Waals surface area (Å²) in [4.78, 5) is 13.4. The van der Waals surface area contributed by atoms with Gasteiger partial charge in [0.1, 0.15) is 5.56 Å². The molecule has 1 aromatic heterocycles. The van der Waals surface area contributed by atoms with Gasteiger partial charge in [0.05, 0.1) is 0 Å². The summed E-state index contributed by atoms with van der Waals surface area (Å²) < 4.78 is 36.6. The number of aromatic nitrogens is 1. The third-order valence-corrected chi connectivity index (χ3v) is 1.45. The molecule has 1 aromatic rings. The Hall–Kier alpha value is -1.99. The zero-order valence-corrected chi connectivity index (χ0v) is 7.04. The molecule has 0 saturated heterocycles. The van der Waals surface area contributed by atoms with Crippen molar-refractivity contribution in [2.75, 3.05) is 5.32 Å². The highest BCUT2D eigenvalue weighted by molar-refractivity contribution is 5.83. The molecule has 0 aliphatic rings. The fourth-order valence-corrected chi connectivity index (χ4v) is 0.875. The summed E-state index contributed by atoms with van der Waals surface area (Å²) in [5, 5.41) is 18.8. The van der Waals surface area contributed by atoms with E-state index in [9.17, 15) is 18.0 Å². The average molecular weight is 222 g/mol. The van der Waals surface area contributed by atoms with Crippen LogP contribution in [-0.4, -0.2) is 21.3 Å². The van der Waals surface area contributed by atoms with E-state index < -0.39 is 29.4 Å². The lowest BCUT2D eigenvalue weighted by molar-refractivity contribution is -0.138. The number of alkyl halides is 3. The molecule has 15 heavy (non-hydrogen) atoms. The van der Waals surface area contributed by atoms with Crippen molar-refractivity contribution >= 4 is 11.9 Å². The first-order chi connectivity index (χ1) is 6.82. The summed E-state index contributed by atoms with van der Waals surface area (Å²) in [6.45, 7) is 0. The number of halogens is 3. The number of nitrogens with one attached hydrogen (secondary N) is 1. The monoisotopic (exact) mass is 222 g/mol. The van der Waals surface area contributed by atoms with Crippen molar-refractivity contribution in [3.63, 3.8) is 0 Å². The van der Waals surface area contributed by atoms with Gasteiger partial charge in [-0.15, -0.1) is 0 Å². The molecule has 0 aliphatic heterocycles. The number of amides is 1. The molecule has 0 aromatic carbocycles. The van der Waals surface area contributed by atoms with E-state index in [1.54, 1.807) is 5.32 Å². The number of rotatable bonds is 1. The van der Waals surface area contributed by atoms with E-state index in [2.05, 4.69) is 4.98 Å². The van der Waals surface area contributed by atoms with E-state index in [0.717, 1.165) is 6.20 Å². The second kappa shape index (κ2) is 3.64. The molecular weight excluding hydrogens is 217 g/mol. The van der Waals surface area contributed by atoms with Crippen LogP contribution in [0.15, 0.2) is 12.3 Å². The Labute approximate surface area is 81.2 Å². The highest BCUT2D eigenvalue weighted by atomic mass is 19.4. The molecule has 8 heteroatoms. The van der Waals surface area contributed by atoms with Gasteiger partial charge in [0, 0.05) is 6.20 Å². The molecule has 5 nitrogen and oxygen atoms in total. The highest BCUT2D eigenvalue weighted by Gasteiger charge is 2.35. The predicted octanol–water partition coefficient (Wildman–Crippen LogP) is 1.90. The van der Waals surface area contributed by atoms with E-state index in [1.807, 2.05) is 0 Å². The zero-order chi connectivity index (χ0) is 11.6. The number of pyridine rings is 1. The Morgan fingerprint density at radius 3 is 2.53 bits per heavy atom. The summed E-state index contributed by atoms with van der Waals surface area (Å²) >= 11 is 0. The highest BCUT2D eigenvalue weighted by Crippen LogP contribution is 2.38. The van der Waals surface area contributed by atoms with Crippen LogP contribution in [0.3, 0.4) is 0 Å². The minimum absolute atomic E-state index is 0.544. The molecule has 1 amide bonds. The zero-order valence-electron chi connectivity index (χ0n) is 7.04. The molecular formula is C7H5F3N2O3. The summed E-state index contributed by atoms with van der Waals surface area (Å²) in [7, 11) is 0. The van der Waals surface area contributed by atoms with Crippen molar-refractivity contribution in [1.29, 1.82) is 0 Å². The molecule has 0 unspecified atom stereocenters. The molecule has 0 bridgehead atoms. The number of aromatic hydroxyl groups is 1. The van der Waals surface area contributed by atoms with Crippen LogP contribution in [-0.2, 0) is 6.18 Å². The topological polar surface area (TPSA) is 82.5 Å². The number of carbonyl (C=O) groups is 1. The van der Waals surface area contributed by atoms with Crippen molar-refractivity contribution < 1.29 is 28.2 Å². The summed E-state index contributed by atoms with van der Waals surface area (Å²) in [6.07, 6.45) is -5.63. The molecule has 0 aliphatic carbocycles. The van der Waals surface area contributed by atoms with Gasteiger partial charge >= 0.3 is 12.3 Å². The predicted molar refractivity (Wildman–Crippen MR) is 42.6 cm³/mol. The maximum Gasteiger partial charge on any atom is 0.420 e. The average Bonchev–Trinajstić information content (AvgIpc) is 2.05. The van der Waals surface area contributed by atoms with Gasteiger partial charge in [-0.2, -0.15) is 13.2 Å². The molecule has 82 valence electrons. The van der Waals surface area contributed by atoms with E-state index in [1.165, 1.54) is 0 Å². The van der Waals surface area contributed by atoms with E-state index >= 15 is 0 Å². The van der Waals surface area contributed by atoms with Crippen LogP contribution in [0.2, 0.25) is 0 Å². The lowest BCUT2D eigenvalue weighted by atomic mass is 10.2. The van der Waals surface area contributed by atoms with Gasteiger partial charge in [0.2, 0.25) is 0 Å². The van der Waals surface area contributed by atoms with E-state index in [4.69, 9.17) is 10.2 Å². The Morgan fingerprint density at radius 1 is 1.47 bits per heavy atom. The van der Waals surface area contributed by atoms with Crippen LogP contribution in [0.25, 0.3) is 0 Å². The Kier molecular flexibility index (Phi) is 2.69. The van der Waals surface area contributed by atoms with Crippen molar-refractivity contribution in [3.05, 3.63) is 17.8 Å². The van der Waals surface area contributed by atoms with Gasteiger partial charge in [-0.3, -0.25) is 5.32 Å². The third-order valence-electron chi connectivity index (χ3n) is 1.45. The molecule has 0 radical (unpaired) electrons. The molecule has 1 rings (SSSR count). The van der Waals surface area contributed by atoms with Gasteiger partial charge < -0.3 is 10.2 Å². The van der Waals surface area contributed by atoms with Crippen LogP contribution >= 0.6 is 0 Å². The van der Waals surface area contributed by atoms with Crippen LogP contribution in [0.5, 0.6) is 5.75 Å². The number of hydrogen-bond donors (Lipinski definition) is 3. The Balaban J connectivity index is 3.17. The van der Waals surface area contributed by atoms with Crippen LogP contribution in [0.4, 0.5) is 23.8 Å². The number of hydrogen-bond acceptors (Lipinski definition) is 3. The van der Waals surface area contributed by atoms with Crippen LogP contribution in [0.1, 0.15) is 5.56 Å². The van der Waals surface area contributed by atoms with E-state index in [-0.39, 0.29) is 0 Å². The minimum atomic E-state index is -4.76. The van der Waals surface area contributed by atoms with Crippen molar-refractivity contribution in [3.8, 4) is 5.75 Å². The van der Waals surface area contributed by atoms with Crippen LogP contribution in [0, 0.1) is 0 Å². The minimum Gasteiger partial charge on any atom is -0.504 e. The summed E-state index contributed by atoms with van der Waals surface area (Å²) in [5.74, 6) is -2.00. The smallest absolute Gasteiger partial charge is 0.420 e. The molecule has 0 fully saturated rings. The normalized spacial score (nSPS) is 11.1. The van der Waals surface area contributed by atoms with Crippen molar-refractivity contribution in [1.82, 2.24) is 4.98 Å².